The summed E-state index contributed by atoms with van der Waals surface area (Å²) in [5.41, 5.74) is 2.10. The van der Waals surface area contributed by atoms with E-state index in [9.17, 15) is 9.59 Å². The van der Waals surface area contributed by atoms with Crippen molar-refractivity contribution < 1.29 is 19.1 Å². The molecule has 8 heteroatoms. The Hall–Kier alpha value is -2.97. The van der Waals surface area contributed by atoms with Crippen LogP contribution in [0.4, 0.5) is 4.79 Å². The molecule has 184 valence electrons. The zero-order valence-corrected chi connectivity index (χ0v) is 20.5. The van der Waals surface area contributed by atoms with Gasteiger partial charge in [-0.15, -0.1) is 0 Å². The lowest BCUT2D eigenvalue weighted by molar-refractivity contribution is 0.0232. The third kappa shape index (κ3) is 8.76. The van der Waals surface area contributed by atoms with E-state index in [0.717, 1.165) is 44.0 Å². The molecule has 1 N–H and O–H groups in total. The molecule has 0 spiro atoms. The van der Waals surface area contributed by atoms with Crippen molar-refractivity contribution in [3.05, 3.63) is 65.5 Å². The molecule has 1 aliphatic heterocycles. The highest BCUT2D eigenvalue weighted by Gasteiger charge is 2.22. The van der Waals surface area contributed by atoms with Gasteiger partial charge in [-0.1, -0.05) is 18.2 Å². The molecule has 1 fully saturated rings. The Bertz CT molecular complexity index is 924. The Kier molecular flexibility index (Phi) is 9.42. The van der Waals surface area contributed by atoms with Gasteiger partial charge in [-0.05, 0) is 56.5 Å². The molecule has 0 radical (unpaired) electrons. The first-order valence-electron chi connectivity index (χ1n) is 11.8. The van der Waals surface area contributed by atoms with E-state index in [1.807, 2.05) is 57.2 Å². The molecule has 2 aromatic rings. The van der Waals surface area contributed by atoms with E-state index in [2.05, 4.69) is 15.2 Å². The van der Waals surface area contributed by atoms with Gasteiger partial charge >= 0.3 is 6.09 Å². The van der Waals surface area contributed by atoms with Crippen LogP contribution >= 0.6 is 0 Å². The van der Waals surface area contributed by atoms with E-state index < -0.39 is 5.60 Å². The summed E-state index contributed by atoms with van der Waals surface area (Å²) in [6, 6.07) is 11.5. The molecule has 3 rings (SSSR count). The number of nitrogens with zero attached hydrogens (tertiary/aromatic N) is 3. The van der Waals surface area contributed by atoms with Crippen LogP contribution in [0.25, 0.3) is 0 Å². The first kappa shape index (κ1) is 25.6. The van der Waals surface area contributed by atoms with Crippen molar-refractivity contribution in [1.29, 1.82) is 0 Å². The van der Waals surface area contributed by atoms with Gasteiger partial charge in [0.05, 0.1) is 19.8 Å². The Morgan fingerprint density at radius 3 is 2.62 bits per heavy atom. The summed E-state index contributed by atoms with van der Waals surface area (Å²) >= 11 is 0. The number of ether oxygens (including phenoxy) is 2. The van der Waals surface area contributed by atoms with E-state index in [4.69, 9.17) is 9.47 Å². The first-order valence-corrected chi connectivity index (χ1v) is 11.8. The number of morpholine rings is 1. The van der Waals surface area contributed by atoms with Crippen molar-refractivity contribution in [3.8, 4) is 0 Å². The number of amides is 2. The van der Waals surface area contributed by atoms with Gasteiger partial charge in [-0.25, -0.2) is 4.79 Å². The average molecular weight is 469 g/mol. The number of carbonyl (C=O) groups is 2. The third-order valence-corrected chi connectivity index (χ3v) is 5.34. The Morgan fingerprint density at radius 2 is 1.91 bits per heavy atom. The van der Waals surface area contributed by atoms with Crippen LogP contribution in [0.1, 0.15) is 48.7 Å². The fraction of sp³-hybridized carbons (Fsp3) is 0.500. The number of benzene rings is 1. The number of hydrogen-bond acceptors (Lipinski definition) is 6. The minimum absolute atomic E-state index is 0.111. The number of carbonyl (C=O) groups excluding carboxylic acids is 2. The van der Waals surface area contributed by atoms with Crippen LogP contribution in [-0.2, 0) is 22.6 Å². The van der Waals surface area contributed by atoms with Crippen LogP contribution in [-0.4, -0.2) is 71.8 Å². The van der Waals surface area contributed by atoms with Gasteiger partial charge in [0.15, 0.2) is 0 Å². The second-order valence-corrected chi connectivity index (χ2v) is 9.46. The van der Waals surface area contributed by atoms with Gasteiger partial charge in [-0.3, -0.25) is 14.7 Å². The standard InChI is InChI=1S/C26H36N4O4/c1-26(2,3)34-25(32)30(20-22-8-5-10-27-18-22)12-6-11-28-24(31)23-9-4-7-21(17-23)19-29-13-15-33-16-14-29/h4-5,7-10,17-18H,6,11-16,19-20H2,1-3H3,(H,28,31). The first-order chi connectivity index (χ1) is 16.3. The summed E-state index contributed by atoms with van der Waals surface area (Å²) in [5, 5.41) is 2.97. The minimum Gasteiger partial charge on any atom is -0.444 e. The summed E-state index contributed by atoms with van der Waals surface area (Å²) in [6.45, 7) is 11.0. The summed E-state index contributed by atoms with van der Waals surface area (Å²) in [5.74, 6) is -0.111. The van der Waals surface area contributed by atoms with Gasteiger partial charge in [0.2, 0.25) is 0 Å². The van der Waals surface area contributed by atoms with Crippen molar-refractivity contribution in [3.63, 3.8) is 0 Å². The Morgan fingerprint density at radius 1 is 1.15 bits per heavy atom. The largest absolute Gasteiger partial charge is 0.444 e. The molecular formula is C26H36N4O4. The lowest BCUT2D eigenvalue weighted by atomic mass is 10.1. The second-order valence-electron chi connectivity index (χ2n) is 9.46. The van der Waals surface area contributed by atoms with Gasteiger partial charge in [-0.2, -0.15) is 0 Å². The van der Waals surface area contributed by atoms with Crippen LogP contribution in [0, 0.1) is 0 Å². The maximum absolute atomic E-state index is 12.7. The number of hydrogen-bond donors (Lipinski definition) is 1. The fourth-order valence-corrected chi connectivity index (χ4v) is 3.68. The van der Waals surface area contributed by atoms with E-state index in [1.165, 1.54) is 0 Å². The number of aromatic nitrogens is 1. The predicted octanol–water partition coefficient (Wildman–Crippen LogP) is 3.47. The van der Waals surface area contributed by atoms with Crippen molar-refractivity contribution >= 4 is 12.0 Å². The third-order valence-electron chi connectivity index (χ3n) is 5.34. The normalized spacial score (nSPS) is 14.4. The number of rotatable bonds is 9. The maximum Gasteiger partial charge on any atom is 0.410 e. The molecule has 34 heavy (non-hydrogen) atoms. The Balaban J connectivity index is 1.50. The maximum atomic E-state index is 12.7. The van der Waals surface area contributed by atoms with Gasteiger partial charge < -0.3 is 19.7 Å². The zero-order chi connectivity index (χ0) is 24.4. The Labute approximate surface area is 202 Å². The smallest absolute Gasteiger partial charge is 0.410 e. The highest BCUT2D eigenvalue weighted by Crippen LogP contribution is 2.13. The van der Waals surface area contributed by atoms with E-state index in [0.29, 0.717) is 31.6 Å². The molecule has 1 aromatic heterocycles. The van der Waals surface area contributed by atoms with Crippen LogP contribution in [0.2, 0.25) is 0 Å². The molecule has 2 heterocycles. The molecule has 1 aliphatic rings. The summed E-state index contributed by atoms with van der Waals surface area (Å²) in [7, 11) is 0. The molecule has 1 aromatic carbocycles. The number of nitrogens with one attached hydrogen (secondary N) is 1. The molecule has 0 saturated carbocycles. The number of pyridine rings is 1. The predicted molar refractivity (Wildman–Crippen MR) is 130 cm³/mol. The SMILES string of the molecule is CC(C)(C)OC(=O)N(CCCNC(=O)c1cccc(CN2CCOCC2)c1)Cc1cccnc1. The summed E-state index contributed by atoms with van der Waals surface area (Å²) in [6.07, 6.45) is 3.67. The molecular weight excluding hydrogens is 432 g/mol. The highest BCUT2D eigenvalue weighted by molar-refractivity contribution is 5.94. The monoisotopic (exact) mass is 468 g/mol. The van der Waals surface area contributed by atoms with Gasteiger partial charge in [0.25, 0.3) is 5.91 Å². The molecule has 0 bridgehead atoms. The summed E-state index contributed by atoms with van der Waals surface area (Å²) < 4.78 is 11.0. The summed E-state index contributed by atoms with van der Waals surface area (Å²) in [4.78, 5) is 33.5. The lowest BCUT2D eigenvalue weighted by Crippen LogP contribution is -2.38. The molecule has 1 saturated heterocycles. The van der Waals surface area contributed by atoms with Crippen LogP contribution in [0.5, 0.6) is 0 Å². The van der Waals surface area contributed by atoms with Crippen LogP contribution in [0.15, 0.2) is 48.8 Å². The molecule has 0 aliphatic carbocycles. The van der Waals surface area contributed by atoms with Crippen molar-refractivity contribution in [1.82, 2.24) is 20.1 Å². The lowest BCUT2D eigenvalue weighted by Gasteiger charge is -2.27. The molecule has 2 amide bonds. The molecule has 0 unspecified atom stereocenters. The molecule has 0 atom stereocenters. The fourth-order valence-electron chi connectivity index (χ4n) is 3.68. The van der Waals surface area contributed by atoms with Gasteiger partial charge in [0.1, 0.15) is 5.60 Å². The highest BCUT2D eigenvalue weighted by atomic mass is 16.6. The topological polar surface area (TPSA) is 84.0 Å². The van der Waals surface area contributed by atoms with Crippen LogP contribution in [0.3, 0.4) is 0 Å². The average Bonchev–Trinajstić information content (AvgIpc) is 2.81. The molecule has 8 nitrogen and oxygen atoms in total. The van der Waals surface area contributed by atoms with Crippen LogP contribution < -0.4 is 5.32 Å². The van der Waals surface area contributed by atoms with Crippen molar-refractivity contribution in [2.24, 2.45) is 0 Å². The quantitative estimate of drug-likeness (QED) is 0.568. The van der Waals surface area contributed by atoms with E-state index in [-0.39, 0.29) is 12.0 Å². The zero-order valence-electron chi connectivity index (χ0n) is 20.5. The van der Waals surface area contributed by atoms with E-state index >= 15 is 0 Å². The van der Waals surface area contributed by atoms with Gasteiger partial charge in [0, 0.05) is 50.7 Å². The minimum atomic E-state index is -0.579. The van der Waals surface area contributed by atoms with Crippen molar-refractivity contribution in [2.45, 2.75) is 45.9 Å². The second kappa shape index (κ2) is 12.5. The van der Waals surface area contributed by atoms with E-state index in [1.54, 1.807) is 17.3 Å². The van der Waals surface area contributed by atoms with Crippen molar-refractivity contribution in [2.75, 3.05) is 39.4 Å².